The van der Waals surface area contributed by atoms with Gasteiger partial charge in [0.05, 0.1) is 0 Å². The van der Waals surface area contributed by atoms with Gasteiger partial charge in [0.2, 0.25) is 0 Å². The molecule has 0 aliphatic rings. The fourth-order valence-corrected chi connectivity index (χ4v) is 5.75. The van der Waals surface area contributed by atoms with Crippen LogP contribution in [-0.4, -0.2) is 0 Å². The van der Waals surface area contributed by atoms with Crippen LogP contribution < -0.4 is 5.73 Å². The Morgan fingerprint density at radius 3 is 1.80 bits per heavy atom. The Balaban J connectivity index is 1.60. The lowest BCUT2D eigenvalue weighted by Crippen LogP contribution is -2.36. The van der Waals surface area contributed by atoms with E-state index in [1.54, 1.807) is 0 Å². The minimum Gasteiger partial charge on any atom is -0.321 e. The number of fused-ring (bicyclic) bond motifs is 2. The average molecular weight is 458 g/mol. The first-order valence-corrected chi connectivity index (χ1v) is 12.9. The standard InChI is InChI=1S/C34H35N/c1-5-19-34(35,6-2)32-21-23(3)31(20-24(32)4)25-15-17-26(18-16-25)33-29-13-9-7-11-27(29)22-28-12-8-10-14-30(28)33/h7-18,20-22H,5-6,19,35H2,1-4H3. The molecule has 2 N–H and O–H groups in total. The highest BCUT2D eigenvalue weighted by atomic mass is 14.7. The molecule has 0 saturated carbocycles. The summed E-state index contributed by atoms with van der Waals surface area (Å²) >= 11 is 0. The number of hydrogen-bond donors (Lipinski definition) is 1. The number of aryl methyl sites for hydroxylation is 2. The van der Waals surface area contributed by atoms with E-state index in [0.29, 0.717) is 0 Å². The van der Waals surface area contributed by atoms with Crippen molar-refractivity contribution < 1.29 is 0 Å². The van der Waals surface area contributed by atoms with E-state index in [1.807, 2.05) is 0 Å². The number of hydrogen-bond acceptors (Lipinski definition) is 1. The van der Waals surface area contributed by atoms with Crippen LogP contribution in [0.1, 0.15) is 49.8 Å². The molecule has 0 aliphatic heterocycles. The fourth-order valence-electron chi connectivity index (χ4n) is 5.75. The molecular weight excluding hydrogens is 422 g/mol. The van der Waals surface area contributed by atoms with Gasteiger partial charge in [0.1, 0.15) is 0 Å². The fraction of sp³-hybridized carbons (Fsp3) is 0.235. The van der Waals surface area contributed by atoms with Gasteiger partial charge in [0.15, 0.2) is 0 Å². The maximum Gasteiger partial charge on any atom is 0.0409 e. The Hall–Kier alpha value is -3.42. The lowest BCUT2D eigenvalue weighted by molar-refractivity contribution is 0.388. The number of rotatable bonds is 6. The van der Waals surface area contributed by atoms with Gasteiger partial charge in [-0.3, -0.25) is 0 Å². The largest absolute Gasteiger partial charge is 0.321 e. The van der Waals surface area contributed by atoms with Gasteiger partial charge in [-0.2, -0.15) is 0 Å². The topological polar surface area (TPSA) is 26.0 Å². The Labute approximate surface area is 209 Å². The molecule has 1 unspecified atom stereocenters. The highest BCUT2D eigenvalue weighted by Crippen LogP contribution is 2.38. The lowest BCUT2D eigenvalue weighted by Gasteiger charge is -2.31. The first-order valence-electron chi connectivity index (χ1n) is 12.9. The smallest absolute Gasteiger partial charge is 0.0409 e. The van der Waals surface area contributed by atoms with Crippen LogP contribution in [0.3, 0.4) is 0 Å². The van der Waals surface area contributed by atoms with Gasteiger partial charge in [-0.15, -0.1) is 0 Å². The normalized spacial score (nSPS) is 13.3. The Bertz CT molecular complexity index is 1460. The van der Waals surface area contributed by atoms with Crippen LogP contribution in [0.2, 0.25) is 0 Å². The predicted molar refractivity (Wildman–Crippen MR) is 153 cm³/mol. The summed E-state index contributed by atoms with van der Waals surface area (Å²) in [7, 11) is 0. The quantitative estimate of drug-likeness (QED) is 0.253. The summed E-state index contributed by atoms with van der Waals surface area (Å²) in [4.78, 5) is 0. The molecule has 0 aromatic heterocycles. The van der Waals surface area contributed by atoms with Crippen LogP contribution in [0.25, 0.3) is 43.8 Å². The van der Waals surface area contributed by atoms with Crippen LogP contribution >= 0.6 is 0 Å². The minimum atomic E-state index is -0.249. The Morgan fingerprint density at radius 1 is 0.657 bits per heavy atom. The average Bonchev–Trinajstić information content (AvgIpc) is 2.88. The summed E-state index contributed by atoms with van der Waals surface area (Å²) in [6, 6.07) is 33.5. The van der Waals surface area contributed by atoms with Crippen molar-refractivity contribution in [3.8, 4) is 22.3 Å². The third kappa shape index (κ3) is 4.15. The summed E-state index contributed by atoms with van der Waals surface area (Å²) < 4.78 is 0. The van der Waals surface area contributed by atoms with Crippen LogP contribution in [0.5, 0.6) is 0 Å². The SMILES string of the molecule is CCCC(N)(CC)c1cc(C)c(-c2ccc(-c3c4ccccc4cc4ccccc34)cc2)cc1C. The molecule has 0 heterocycles. The Morgan fingerprint density at radius 2 is 1.23 bits per heavy atom. The van der Waals surface area contributed by atoms with Crippen LogP contribution in [0.15, 0.2) is 91.0 Å². The van der Waals surface area contributed by atoms with E-state index in [1.165, 1.54) is 60.5 Å². The van der Waals surface area contributed by atoms with Gasteiger partial charge in [-0.1, -0.05) is 105 Å². The van der Waals surface area contributed by atoms with Crippen molar-refractivity contribution in [2.45, 2.75) is 52.5 Å². The zero-order chi connectivity index (χ0) is 24.6. The van der Waals surface area contributed by atoms with Crippen LogP contribution in [0.4, 0.5) is 0 Å². The predicted octanol–water partition coefficient (Wildman–Crippen LogP) is 9.31. The zero-order valence-corrected chi connectivity index (χ0v) is 21.4. The van der Waals surface area contributed by atoms with E-state index in [9.17, 15) is 0 Å². The molecule has 1 atom stereocenters. The van der Waals surface area contributed by atoms with Crippen molar-refractivity contribution >= 4 is 21.5 Å². The van der Waals surface area contributed by atoms with Crippen molar-refractivity contribution in [2.24, 2.45) is 5.73 Å². The Kier molecular flexibility index (Phi) is 6.21. The second-order valence-corrected chi connectivity index (χ2v) is 10.0. The molecule has 0 amide bonds. The minimum absolute atomic E-state index is 0.249. The van der Waals surface area contributed by atoms with Crippen molar-refractivity contribution in [1.82, 2.24) is 0 Å². The first-order chi connectivity index (χ1) is 16.9. The third-order valence-electron chi connectivity index (χ3n) is 7.69. The molecule has 35 heavy (non-hydrogen) atoms. The van der Waals surface area contributed by atoms with E-state index < -0.39 is 0 Å². The van der Waals surface area contributed by atoms with Gasteiger partial charge < -0.3 is 5.73 Å². The van der Waals surface area contributed by atoms with Gasteiger partial charge >= 0.3 is 0 Å². The summed E-state index contributed by atoms with van der Waals surface area (Å²) in [6.07, 6.45) is 3.06. The van der Waals surface area contributed by atoms with Gasteiger partial charge in [-0.25, -0.2) is 0 Å². The maximum atomic E-state index is 6.86. The summed E-state index contributed by atoms with van der Waals surface area (Å²) in [5.41, 5.74) is 15.6. The maximum absolute atomic E-state index is 6.86. The third-order valence-corrected chi connectivity index (χ3v) is 7.69. The lowest BCUT2D eigenvalue weighted by atomic mass is 9.80. The van der Waals surface area contributed by atoms with Crippen molar-refractivity contribution in [3.63, 3.8) is 0 Å². The molecule has 1 heteroatoms. The molecule has 5 rings (SSSR count). The van der Waals surface area contributed by atoms with E-state index in [4.69, 9.17) is 5.73 Å². The second-order valence-electron chi connectivity index (χ2n) is 10.0. The van der Waals surface area contributed by atoms with Gasteiger partial charge in [0, 0.05) is 5.54 Å². The molecule has 0 saturated heterocycles. The highest BCUT2D eigenvalue weighted by molar-refractivity contribution is 6.12. The molecule has 0 aliphatic carbocycles. The number of benzene rings is 5. The monoisotopic (exact) mass is 457 g/mol. The van der Waals surface area contributed by atoms with Crippen LogP contribution in [-0.2, 0) is 5.54 Å². The van der Waals surface area contributed by atoms with E-state index in [2.05, 4.69) is 119 Å². The molecular formula is C34H35N. The first kappa shape index (κ1) is 23.3. The second kappa shape index (κ2) is 9.32. The van der Waals surface area contributed by atoms with Crippen molar-refractivity contribution in [3.05, 3.63) is 108 Å². The molecule has 0 radical (unpaired) electrons. The van der Waals surface area contributed by atoms with Gasteiger partial charge in [-0.05, 0) is 93.2 Å². The van der Waals surface area contributed by atoms with Crippen molar-refractivity contribution in [2.75, 3.05) is 0 Å². The summed E-state index contributed by atoms with van der Waals surface area (Å²) in [5.74, 6) is 0. The molecule has 0 bridgehead atoms. The highest BCUT2D eigenvalue weighted by Gasteiger charge is 2.26. The summed E-state index contributed by atoms with van der Waals surface area (Å²) in [5, 5.41) is 5.15. The van der Waals surface area contributed by atoms with E-state index in [-0.39, 0.29) is 5.54 Å². The molecule has 176 valence electrons. The van der Waals surface area contributed by atoms with Crippen molar-refractivity contribution in [1.29, 1.82) is 0 Å². The van der Waals surface area contributed by atoms with Gasteiger partial charge in [0.25, 0.3) is 0 Å². The molecule has 5 aromatic rings. The van der Waals surface area contributed by atoms with Crippen LogP contribution in [0, 0.1) is 13.8 Å². The molecule has 5 aromatic carbocycles. The molecule has 1 nitrogen and oxygen atoms in total. The van der Waals surface area contributed by atoms with E-state index in [0.717, 1.165) is 19.3 Å². The molecule has 0 spiro atoms. The zero-order valence-electron chi connectivity index (χ0n) is 21.4. The molecule has 0 fully saturated rings. The summed E-state index contributed by atoms with van der Waals surface area (Å²) in [6.45, 7) is 8.84. The number of nitrogens with two attached hydrogens (primary N) is 1. The van der Waals surface area contributed by atoms with E-state index >= 15 is 0 Å².